The summed E-state index contributed by atoms with van der Waals surface area (Å²) in [4.78, 5) is 0. The molecule has 0 nitrogen and oxygen atoms in total. The molecule has 2 heterocycles. The second kappa shape index (κ2) is 5.51. The van der Waals surface area contributed by atoms with Gasteiger partial charge in [-0.3, -0.25) is 0 Å². The number of rotatable bonds is 1. The van der Waals surface area contributed by atoms with Gasteiger partial charge in [-0.25, -0.2) is 0 Å². The molecule has 0 aliphatic carbocycles. The fraction of sp³-hybridized carbons (Fsp3) is 0.0417. The first kappa shape index (κ1) is 15.6. The number of thiophene rings is 2. The molecule has 0 aliphatic heterocycles. The average molecular weight is 378 g/mol. The monoisotopic (exact) mass is 378 g/mol. The average Bonchev–Trinajstić information content (AvgIpc) is 3.19. The van der Waals surface area contributed by atoms with Crippen LogP contribution in [0.25, 0.3) is 51.1 Å². The van der Waals surface area contributed by atoms with Crippen LogP contribution in [0.4, 0.5) is 0 Å². The molecule has 0 unspecified atom stereocenters. The summed E-state index contributed by atoms with van der Waals surface area (Å²) in [6.07, 6.45) is 0. The Labute approximate surface area is 165 Å². The normalized spacial score (nSPS) is 12.0. The third-order valence-corrected chi connectivity index (χ3v) is 7.91. The molecule has 0 saturated heterocycles. The second-order valence-corrected chi connectivity index (χ2v) is 9.32. The van der Waals surface area contributed by atoms with Gasteiger partial charge in [0.05, 0.1) is 0 Å². The SMILES string of the molecule is B=Cc1ccc2cc3c(cc2c1)sc1c2cc4ccc(C)cc4cc2sc31. The Morgan fingerprint density at radius 3 is 1.89 bits per heavy atom. The van der Waals surface area contributed by atoms with Crippen LogP contribution >= 0.6 is 22.7 Å². The quantitative estimate of drug-likeness (QED) is 0.272. The summed E-state index contributed by atoms with van der Waals surface area (Å²) in [5.74, 6) is 1.91. The van der Waals surface area contributed by atoms with Gasteiger partial charge in [0.2, 0.25) is 0 Å². The van der Waals surface area contributed by atoms with Crippen molar-refractivity contribution in [3.8, 4) is 0 Å². The van der Waals surface area contributed by atoms with Crippen molar-refractivity contribution in [1.29, 1.82) is 0 Å². The van der Waals surface area contributed by atoms with E-state index in [0.717, 1.165) is 0 Å². The Morgan fingerprint density at radius 1 is 0.667 bits per heavy atom. The third-order valence-electron chi connectivity index (χ3n) is 5.41. The maximum atomic E-state index is 3.90. The molecule has 4 aromatic carbocycles. The van der Waals surface area contributed by atoms with Gasteiger partial charge in [-0.05, 0) is 6.92 Å². The van der Waals surface area contributed by atoms with Crippen molar-refractivity contribution in [2.75, 3.05) is 0 Å². The number of fused-ring (bicyclic) bond motifs is 7. The van der Waals surface area contributed by atoms with E-state index in [0.29, 0.717) is 0 Å². The van der Waals surface area contributed by atoms with Crippen LogP contribution in [0.1, 0.15) is 11.1 Å². The molecule has 0 radical (unpaired) electrons. The summed E-state index contributed by atoms with van der Waals surface area (Å²) in [7, 11) is 3.90. The van der Waals surface area contributed by atoms with Gasteiger partial charge in [0.15, 0.2) is 0 Å². The second-order valence-electron chi connectivity index (χ2n) is 7.22. The van der Waals surface area contributed by atoms with Gasteiger partial charge in [0.25, 0.3) is 0 Å². The van der Waals surface area contributed by atoms with Crippen molar-refractivity contribution in [3.05, 3.63) is 71.8 Å². The summed E-state index contributed by atoms with van der Waals surface area (Å²) < 4.78 is 5.60. The molecule has 0 amide bonds. The van der Waals surface area contributed by atoms with Gasteiger partial charge < -0.3 is 0 Å². The number of benzene rings is 4. The molecule has 0 aliphatic rings. The molecule has 3 heteroatoms. The van der Waals surface area contributed by atoms with Crippen LogP contribution in [-0.4, -0.2) is 13.5 Å². The van der Waals surface area contributed by atoms with E-state index in [2.05, 4.69) is 75.1 Å². The molecule has 0 fully saturated rings. The van der Waals surface area contributed by atoms with Gasteiger partial charge >= 0.3 is 141 Å². The van der Waals surface area contributed by atoms with Gasteiger partial charge in [0.1, 0.15) is 0 Å². The fourth-order valence-electron chi connectivity index (χ4n) is 4.01. The van der Waals surface area contributed by atoms with Gasteiger partial charge in [-0.15, -0.1) is 0 Å². The van der Waals surface area contributed by atoms with E-state index in [1.165, 1.54) is 62.2 Å². The summed E-state index contributed by atoms with van der Waals surface area (Å²) in [5.41, 5.74) is 2.49. The molecule has 0 bridgehead atoms. The van der Waals surface area contributed by atoms with Gasteiger partial charge in [0, 0.05) is 0 Å². The number of hydrogen-bond donors (Lipinski definition) is 0. The Hall–Kier alpha value is -2.49. The minimum absolute atomic E-state index is 1.17. The van der Waals surface area contributed by atoms with Crippen LogP contribution in [-0.2, 0) is 0 Å². The molecule has 6 aromatic rings. The number of hydrogen-bond acceptors (Lipinski definition) is 2. The predicted octanol–water partition coefficient (Wildman–Crippen LogP) is 6.94. The molecule has 0 saturated carbocycles. The van der Waals surface area contributed by atoms with E-state index < -0.39 is 0 Å². The zero-order valence-corrected chi connectivity index (χ0v) is 16.5. The maximum absolute atomic E-state index is 3.90. The zero-order valence-electron chi connectivity index (χ0n) is 14.9. The molecule has 6 rings (SSSR count). The van der Waals surface area contributed by atoms with Crippen LogP contribution in [0.2, 0.25) is 0 Å². The predicted molar refractivity (Wildman–Crippen MR) is 127 cm³/mol. The van der Waals surface area contributed by atoms with Gasteiger partial charge in [-0.2, -0.15) is 0 Å². The Balaban J connectivity index is 1.72. The van der Waals surface area contributed by atoms with Crippen molar-refractivity contribution < 1.29 is 0 Å². The van der Waals surface area contributed by atoms with Crippen LogP contribution in [0.15, 0.2) is 60.7 Å². The van der Waals surface area contributed by atoms with Gasteiger partial charge in [-0.1, -0.05) is 17.7 Å². The van der Waals surface area contributed by atoms with Crippen molar-refractivity contribution in [1.82, 2.24) is 0 Å². The Kier molecular flexibility index (Phi) is 3.18. The summed E-state index contributed by atoms with van der Waals surface area (Å²) in [6.45, 7) is 2.16. The van der Waals surface area contributed by atoms with Crippen molar-refractivity contribution in [2.24, 2.45) is 0 Å². The zero-order chi connectivity index (χ0) is 18.1. The van der Waals surface area contributed by atoms with Crippen LogP contribution in [0.5, 0.6) is 0 Å². The molecule has 0 atom stereocenters. The molecule has 2 aromatic heterocycles. The van der Waals surface area contributed by atoms with E-state index >= 15 is 0 Å². The summed E-state index contributed by atoms with van der Waals surface area (Å²) in [6, 6.07) is 22.7. The third kappa shape index (κ3) is 2.25. The van der Waals surface area contributed by atoms with E-state index in [1.807, 2.05) is 28.6 Å². The Morgan fingerprint density at radius 2 is 1.26 bits per heavy atom. The standard InChI is InChI=1S/C24H15BS2/c1-13-2-4-15-8-19-21(10-17(15)6-13)26-24-20-9-16-5-3-14(12-25)7-18(16)11-22(20)27-23(19)24/h2-12,25H,1H3. The Bertz CT molecular complexity index is 1550. The summed E-state index contributed by atoms with van der Waals surface area (Å²) >= 11 is 3.85. The molecular formula is C24H15BS2. The van der Waals surface area contributed by atoms with E-state index in [1.54, 1.807) is 0 Å². The first-order chi connectivity index (χ1) is 13.2. The fourth-order valence-corrected chi connectivity index (χ4v) is 6.71. The molecule has 126 valence electrons. The first-order valence-corrected chi connectivity index (χ1v) is 10.7. The van der Waals surface area contributed by atoms with Crippen molar-refractivity contribution in [2.45, 2.75) is 6.92 Å². The van der Waals surface area contributed by atoms with Crippen molar-refractivity contribution in [3.63, 3.8) is 0 Å². The van der Waals surface area contributed by atoms with Crippen LogP contribution < -0.4 is 0 Å². The summed E-state index contributed by atoms with van der Waals surface area (Å²) in [5, 5.41) is 8.03. The van der Waals surface area contributed by atoms with E-state index in [-0.39, 0.29) is 0 Å². The number of aryl methyl sites for hydroxylation is 1. The molecule has 0 N–H and O–H groups in total. The van der Waals surface area contributed by atoms with E-state index in [4.69, 9.17) is 0 Å². The molecule has 0 spiro atoms. The van der Waals surface area contributed by atoms with Crippen molar-refractivity contribution >= 4 is 87.2 Å². The van der Waals surface area contributed by atoms with Crippen LogP contribution in [0, 0.1) is 6.92 Å². The minimum atomic E-state index is 1.17. The topological polar surface area (TPSA) is 0 Å². The van der Waals surface area contributed by atoms with E-state index in [9.17, 15) is 0 Å². The molecule has 27 heavy (non-hydrogen) atoms. The molecular weight excluding hydrogens is 363 g/mol. The van der Waals surface area contributed by atoms with Crippen LogP contribution in [0.3, 0.4) is 0 Å². The first-order valence-electron chi connectivity index (χ1n) is 9.05.